The molecule has 1 aliphatic heterocycles. The van der Waals surface area contributed by atoms with E-state index >= 15 is 0 Å². The second kappa shape index (κ2) is 9.09. The topological polar surface area (TPSA) is 52.6 Å². The molecule has 1 saturated carbocycles. The van der Waals surface area contributed by atoms with E-state index in [1.807, 2.05) is 19.1 Å². The molecule has 2 unspecified atom stereocenters. The van der Waals surface area contributed by atoms with Gasteiger partial charge < -0.3 is 15.3 Å². The highest BCUT2D eigenvalue weighted by molar-refractivity contribution is 6.30. The van der Waals surface area contributed by atoms with Gasteiger partial charge in [0.2, 0.25) is 5.91 Å². The number of hydrogen-bond donors (Lipinski definition) is 2. The van der Waals surface area contributed by atoms with Crippen LogP contribution >= 0.6 is 11.6 Å². The van der Waals surface area contributed by atoms with Crippen LogP contribution in [0, 0.1) is 11.8 Å². The Hall–Kier alpha value is -1.26. The van der Waals surface area contributed by atoms with Gasteiger partial charge in [-0.2, -0.15) is 0 Å². The summed E-state index contributed by atoms with van der Waals surface area (Å²) in [7, 11) is 0. The van der Waals surface area contributed by atoms with Crippen molar-refractivity contribution >= 4 is 23.2 Å². The Morgan fingerprint density at radius 2 is 1.81 bits per heavy atom. The lowest BCUT2D eigenvalue weighted by Gasteiger charge is -2.38. The van der Waals surface area contributed by atoms with Crippen molar-refractivity contribution in [2.75, 3.05) is 18.0 Å². The zero-order valence-corrected chi connectivity index (χ0v) is 16.4. The molecule has 2 N–H and O–H groups in total. The molecule has 1 saturated heterocycles. The van der Waals surface area contributed by atoms with E-state index in [1.54, 1.807) is 0 Å². The number of nitrogens with one attached hydrogen (secondary N) is 1. The summed E-state index contributed by atoms with van der Waals surface area (Å²) in [6.45, 7) is 3.90. The summed E-state index contributed by atoms with van der Waals surface area (Å²) in [6.07, 6.45) is 6.50. The maximum atomic E-state index is 12.4. The van der Waals surface area contributed by atoms with Gasteiger partial charge in [-0.3, -0.25) is 4.79 Å². The molecule has 5 heteroatoms. The molecule has 4 nitrogen and oxygen atoms in total. The lowest BCUT2D eigenvalue weighted by Crippen LogP contribution is -2.50. The minimum Gasteiger partial charge on any atom is -0.391 e. The van der Waals surface area contributed by atoms with E-state index in [-0.39, 0.29) is 23.8 Å². The third-order valence-electron chi connectivity index (χ3n) is 6.12. The van der Waals surface area contributed by atoms with Crippen LogP contribution in [0.4, 0.5) is 5.69 Å². The van der Waals surface area contributed by atoms with Crippen LogP contribution in [0.15, 0.2) is 24.3 Å². The maximum absolute atomic E-state index is 12.4. The SMILES string of the molecule is CCC(NC(=O)C1CCCC1)C(O)C1CCN(c2ccc(Cl)cc2)CC1. The number of benzene rings is 1. The van der Waals surface area contributed by atoms with Crippen LogP contribution in [0.3, 0.4) is 0 Å². The quantitative estimate of drug-likeness (QED) is 0.786. The van der Waals surface area contributed by atoms with Gasteiger partial charge in [0.05, 0.1) is 12.1 Å². The van der Waals surface area contributed by atoms with Crippen molar-refractivity contribution < 1.29 is 9.90 Å². The number of halogens is 1. The van der Waals surface area contributed by atoms with Crippen LogP contribution in [-0.2, 0) is 4.79 Å². The van der Waals surface area contributed by atoms with Crippen molar-refractivity contribution in [1.82, 2.24) is 5.32 Å². The number of nitrogens with zero attached hydrogens (tertiary/aromatic N) is 1. The first-order valence-electron chi connectivity index (χ1n) is 10.1. The minimum atomic E-state index is -0.460. The van der Waals surface area contributed by atoms with Crippen LogP contribution < -0.4 is 10.2 Å². The Balaban J connectivity index is 1.51. The Kier molecular flexibility index (Phi) is 6.82. The van der Waals surface area contributed by atoms with Crippen LogP contribution in [-0.4, -0.2) is 36.2 Å². The number of piperidine rings is 1. The summed E-state index contributed by atoms with van der Waals surface area (Å²) in [4.78, 5) is 14.8. The highest BCUT2D eigenvalue weighted by Gasteiger charge is 2.32. The summed E-state index contributed by atoms with van der Waals surface area (Å²) in [5.41, 5.74) is 1.18. The van der Waals surface area contributed by atoms with E-state index in [1.165, 1.54) is 5.69 Å². The average molecular weight is 379 g/mol. The largest absolute Gasteiger partial charge is 0.391 e. The Labute approximate surface area is 161 Å². The fourth-order valence-electron chi connectivity index (χ4n) is 4.40. The molecule has 1 aromatic carbocycles. The highest BCUT2D eigenvalue weighted by Crippen LogP contribution is 2.29. The summed E-state index contributed by atoms with van der Waals surface area (Å²) >= 11 is 5.97. The number of anilines is 1. The molecular weight excluding hydrogens is 348 g/mol. The second-order valence-electron chi connectivity index (χ2n) is 7.80. The molecule has 2 atom stereocenters. The molecule has 26 heavy (non-hydrogen) atoms. The monoisotopic (exact) mass is 378 g/mol. The van der Waals surface area contributed by atoms with Crippen molar-refractivity contribution in [2.45, 2.75) is 64.0 Å². The lowest BCUT2D eigenvalue weighted by molar-refractivity contribution is -0.126. The maximum Gasteiger partial charge on any atom is 0.223 e. The molecule has 1 aliphatic carbocycles. The molecular formula is C21H31ClN2O2. The van der Waals surface area contributed by atoms with Gasteiger partial charge in [-0.1, -0.05) is 31.4 Å². The molecule has 0 aromatic heterocycles. The molecule has 3 rings (SSSR count). The predicted molar refractivity (Wildman–Crippen MR) is 107 cm³/mol. The molecule has 1 aromatic rings. The number of amides is 1. The second-order valence-corrected chi connectivity index (χ2v) is 8.23. The molecule has 0 radical (unpaired) electrons. The van der Waals surface area contributed by atoms with Gasteiger partial charge in [0, 0.05) is 29.7 Å². The molecule has 2 fully saturated rings. The van der Waals surface area contributed by atoms with Crippen LogP contribution in [0.5, 0.6) is 0 Å². The van der Waals surface area contributed by atoms with E-state index in [0.717, 1.165) is 63.1 Å². The number of carbonyl (C=O) groups is 1. The fourth-order valence-corrected chi connectivity index (χ4v) is 4.52. The van der Waals surface area contributed by atoms with E-state index in [9.17, 15) is 9.90 Å². The average Bonchev–Trinajstić information content (AvgIpc) is 3.21. The summed E-state index contributed by atoms with van der Waals surface area (Å²) in [6, 6.07) is 7.81. The number of aliphatic hydroxyl groups is 1. The van der Waals surface area contributed by atoms with Gasteiger partial charge in [-0.05, 0) is 62.3 Å². The Bertz CT molecular complexity index is 578. The molecule has 1 amide bonds. The first-order valence-corrected chi connectivity index (χ1v) is 10.4. The van der Waals surface area contributed by atoms with E-state index in [0.29, 0.717) is 0 Å². The summed E-state index contributed by atoms with van der Waals surface area (Å²) < 4.78 is 0. The Morgan fingerprint density at radius 3 is 2.38 bits per heavy atom. The number of rotatable bonds is 6. The van der Waals surface area contributed by atoms with Gasteiger partial charge in [0.25, 0.3) is 0 Å². The number of hydrogen-bond acceptors (Lipinski definition) is 3. The van der Waals surface area contributed by atoms with Crippen LogP contribution in [0.25, 0.3) is 0 Å². The predicted octanol–water partition coefficient (Wildman–Crippen LogP) is 4.00. The van der Waals surface area contributed by atoms with E-state index in [4.69, 9.17) is 11.6 Å². The van der Waals surface area contributed by atoms with Gasteiger partial charge in [0.15, 0.2) is 0 Å². The van der Waals surface area contributed by atoms with Crippen molar-refractivity contribution in [3.63, 3.8) is 0 Å². The van der Waals surface area contributed by atoms with Crippen molar-refractivity contribution in [1.29, 1.82) is 0 Å². The van der Waals surface area contributed by atoms with E-state index in [2.05, 4.69) is 22.3 Å². The minimum absolute atomic E-state index is 0.129. The third-order valence-corrected chi connectivity index (χ3v) is 6.37. The first kappa shape index (κ1) is 19.5. The first-order chi connectivity index (χ1) is 12.6. The molecule has 2 aliphatic rings. The smallest absolute Gasteiger partial charge is 0.223 e. The number of carbonyl (C=O) groups excluding carboxylic acids is 1. The molecule has 0 spiro atoms. The van der Waals surface area contributed by atoms with E-state index < -0.39 is 6.10 Å². The third kappa shape index (κ3) is 4.72. The number of aliphatic hydroxyl groups excluding tert-OH is 1. The van der Waals surface area contributed by atoms with Crippen LogP contribution in [0.1, 0.15) is 51.9 Å². The molecule has 144 valence electrons. The molecule has 1 heterocycles. The van der Waals surface area contributed by atoms with Gasteiger partial charge in [0.1, 0.15) is 0 Å². The standard InChI is InChI=1S/C21H31ClN2O2/c1-2-19(23-21(26)16-5-3-4-6-16)20(25)15-11-13-24(14-12-15)18-9-7-17(22)8-10-18/h7-10,15-16,19-20,25H,2-6,11-14H2,1H3,(H,23,26). The van der Waals surface area contributed by atoms with Crippen LogP contribution in [0.2, 0.25) is 5.02 Å². The Morgan fingerprint density at radius 1 is 1.19 bits per heavy atom. The van der Waals surface area contributed by atoms with Gasteiger partial charge in [-0.15, -0.1) is 0 Å². The van der Waals surface area contributed by atoms with Gasteiger partial charge in [-0.25, -0.2) is 0 Å². The fraction of sp³-hybridized carbons (Fsp3) is 0.667. The van der Waals surface area contributed by atoms with Gasteiger partial charge >= 0.3 is 0 Å². The summed E-state index contributed by atoms with van der Waals surface area (Å²) in [5.74, 6) is 0.544. The zero-order valence-electron chi connectivity index (χ0n) is 15.7. The molecule has 0 bridgehead atoms. The van der Waals surface area contributed by atoms with Crippen molar-refractivity contribution in [3.05, 3.63) is 29.3 Å². The highest BCUT2D eigenvalue weighted by atomic mass is 35.5. The van der Waals surface area contributed by atoms with Crippen molar-refractivity contribution in [3.8, 4) is 0 Å². The summed E-state index contributed by atoms with van der Waals surface area (Å²) in [5, 5.41) is 14.8. The van der Waals surface area contributed by atoms with Crippen molar-refractivity contribution in [2.24, 2.45) is 11.8 Å². The lowest BCUT2D eigenvalue weighted by atomic mass is 9.86. The normalized spacial score (nSPS) is 21.6. The zero-order chi connectivity index (χ0) is 18.5.